The van der Waals surface area contributed by atoms with Gasteiger partial charge < -0.3 is 19.6 Å². The zero-order valence-electron chi connectivity index (χ0n) is 14.7. The van der Waals surface area contributed by atoms with Gasteiger partial charge in [-0.05, 0) is 37.1 Å². The number of carbonyl (C=O) groups excluding carboxylic acids is 1. The van der Waals surface area contributed by atoms with Gasteiger partial charge in [0, 0.05) is 37.9 Å². The molecule has 0 spiro atoms. The fraction of sp³-hybridized carbons (Fsp3) is 0.350. The van der Waals surface area contributed by atoms with Crippen molar-refractivity contribution < 1.29 is 14.6 Å². The predicted molar refractivity (Wildman–Crippen MR) is 98.6 cm³/mol. The van der Waals surface area contributed by atoms with Crippen molar-refractivity contribution in [2.45, 2.75) is 13.3 Å². The lowest BCUT2D eigenvalue weighted by molar-refractivity contribution is 0.0764. The molecule has 1 fully saturated rings. The maximum Gasteiger partial charge on any atom is 0.257 e. The van der Waals surface area contributed by atoms with Gasteiger partial charge in [0.05, 0.1) is 12.7 Å². The number of anilines is 1. The lowest BCUT2D eigenvalue weighted by Crippen LogP contribution is -2.35. The first-order chi connectivity index (χ1) is 12.1. The molecule has 0 saturated carbocycles. The number of methoxy groups -OCH3 is 1. The van der Waals surface area contributed by atoms with Gasteiger partial charge in [-0.15, -0.1) is 0 Å². The van der Waals surface area contributed by atoms with E-state index in [0.717, 1.165) is 19.5 Å². The van der Waals surface area contributed by atoms with Crippen molar-refractivity contribution in [1.29, 1.82) is 0 Å². The molecule has 1 saturated heterocycles. The van der Waals surface area contributed by atoms with Gasteiger partial charge in [-0.25, -0.2) is 0 Å². The lowest BCUT2D eigenvalue weighted by atomic mass is 10.1. The molecule has 25 heavy (non-hydrogen) atoms. The van der Waals surface area contributed by atoms with E-state index >= 15 is 0 Å². The fourth-order valence-electron chi connectivity index (χ4n) is 3.27. The van der Waals surface area contributed by atoms with Crippen LogP contribution in [-0.2, 0) is 0 Å². The summed E-state index contributed by atoms with van der Waals surface area (Å²) in [6.07, 6.45) is 0.900. The number of phenolic OH excluding ortho intramolecular Hbond substituents is 1. The van der Waals surface area contributed by atoms with E-state index in [1.807, 2.05) is 17.0 Å². The van der Waals surface area contributed by atoms with Gasteiger partial charge in [0.25, 0.3) is 5.91 Å². The van der Waals surface area contributed by atoms with Crippen LogP contribution in [0.2, 0.25) is 0 Å². The van der Waals surface area contributed by atoms with Crippen LogP contribution in [0.4, 0.5) is 5.69 Å². The molecule has 0 unspecified atom stereocenters. The molecule has 1 aliphatic heterocycles. The topological polar surface area (TPSA) is 53.0 Å². The largest absolute Gasteiger partial charge is 0.507 e. The molecule has 1 aliphatic rings. The van der Waals surface area contributed by atoms with Crippen LogP contribution in [0.5, 0.6) is 11.5 Å². The number of carbonyl (C=O) groups is 1. The molecule has 0 aliphatic carbocycles. The van der Waals surface area contributed by atoms with Crippen LogP contribution in [0.1, 0.15) is 22.3 Å². The zero-order valence-corrected chi connectivity index (χ0v) is 14.7. The van der Waals surface area contributed by atoms with Gasteiger partial charge >= 0.3 is 0 Å². The third kappa shape index (κ3) is 3.71. The molecule has 132 valence electrons. The Labute approximate surface area is 148 Å². The lowest BCUT2D eigenvalue weighted by Gasteiger charge is -2.25. The van der Waals surface area contributed by atoms with E-state index in [-0.39, 0.29) is 11.7 Å². The standard InChI is InChI=1S/C20H24N2O3/c1-15-6-3-4-7-18(15)21-10-5-11-22(13-12-21)20(24)17-9-8-16(25-2)14-19(17)23/h3-4,6-9,14,23H,5,10-13H2,1-2H3. The predicted octanol–water partition coefficient (Wildman–Crippen LogP) is 3.06. The number of aromatic hydroxyl groups is 1. The Morgan fingerprint density at radius 2 is 1.88 bits per heavy atom. The molecule has 1 amide bonds. The van der Waals surface area contributed by atoms with Crippen molar-refractivity contribution in [3.63, 3.8) is 0 Å². The second kappa shape index (κ2) is 7.47. The highest BCUT2D eigenvalue weighted by molar-refractivity contribution is 5.97. The van der Waals surface area contributed by atoms with Gasteiger partial charge in [-0.1, -0.05) is 18.2 Å². The molecule has 1 N–H and O–H groups in total. The van der Waals surface area contributed by atoms with Crippen LogP contribution in [0, 0.1) is 6.92 Å². The van der Waals surface area contributed by atoms with Crippen LogP contribution in [0.3, 0.4) is 0 Å². The third-order valence-electron chi connectivity index (χ3n) is 4.67. The van der Waals surface area contributed by atoms with E-state index in [1.54, 1.807) is 12.1 Å². The second-order valence-corrected chi connectivity index (χ2v) is 6.30. The summed E-state index contributed by atoms with van der Waals surface area (Å²) in [6.45, 7) is 5.14. The van der Waals surface area contributed by atoms with E-state index in [4.69, 9.17) is 4.74 Å². The first-order valence-corrected chi connectivity index (χ1v) is 8.57. The van der Waals surface area contributed by atoms with Gasteiger partial charge in [0.2, 0.25) is 0 Å². The molecular formula is C20H24N2O3. The summed E-state index contributed by atoms with van der Waals surface area (Å²) in [5.74, 6) is 0.367. The number of rotatable bonds is 3. The summed E-state index contributed by atoms with van der Waals surface area (Å²) in [5, 5.41) is 10.1. The number of phenols is 1. The number of ether oxygens (including phenoxy) is 1. The van der Waals surface area contributed by atoms with E-state index in [0.29, 0.717) is 24.4 Å². The van der Waals surface area contributed by atoms with Crippen molar-refractivity contribution in [2.75, 3.05) is 38.2 Å². The summed E-state index contributed by atoms with van der Waals surface area (Å²) in [7, 11) is 1.53. The molecule has 2 aromatic rings. The molecule has 2 aromatic carbocycles. The Morgan fingerprint density at radius 3 is 2.60 bits per heavy atom. The molecule has 5 nitrogen and oxygen atoms in total. The highest BCUT2D eigenvalue weighted by atomic mass is 16.5. The van der Waals surface area contributed by atoms with Gasteiger partial charge in [0.1, 0.15) is 11.5 Å². The summed E-state index contributed by atoms with van der Waals surface area (Å²) in [5.41, 5.74) is 2.80. The molecule has 5 heteroatoms. The highest BCUT2D eigenvalue weighted by Crippen LogP contribution is 2.26. The zero-order chi connectivity index (χ0) is 17.8. The Hall–Kier alpha value is -2.69. The number of amides is 1. The number of hydrogen-bond acceptors (Lipinski definition) is 4. The van der Waals surface area contributed by atoms with E-state index in [1.165, 1.54) is 24.4 Å². The highest BCUT2D eigenvalue weighted by Gasteiger charge is 2.23. The number of nitrogens with zero attached hydrogens (tertiary/aromatic N) is 2. The van der Waals surface area contributed by atoms with Crippen LogP contribution in [0.15, 0.2) is 42.5 Å². The van der Waals surface area contributed by atoms with Crippen molar-refractivity contribution >= 4 is 11.6 Å². The number of hydrogen-bond donors (Lipinski definition) is 1. The van der Waals surface area contributed by atoms with Crippen molar-refractivity contribution in [1.82, 2.24) is 4.90 Å². The number of para-hydroxylation sites is 1. The van der Waals surface area contributed by atoms with Gasteiger partial charge in [-0.3, -0.25) is 4.79 Å². The molecule has 0 atom stereocenters. The van der Waals surface area contributed by atoms with Crippen molar-refractivity contribution in [3.8, 4) is 11.5 Å². The molecular weight excluding hydrogens is 316 g/mol. The minimum Gasteiger partial charge on any atom is -0.507 e. The van der Waals surface area contributed by atoms with E-state index < -0.39 is 0 Å². The SMILES string of the molecule is COc1ccc(C(=O)N2CCCN(c3ccccc3C)CC2)c(O)c1. The Bertz CT molecular complexity index is 760. The molecule has 0 aromatic heterocycles. The number of benzene rings is 2. The summed E-state index contributed by atoms with van der Waals surface area (Å²) in [4.78, 5) is 16.9. The van der Waals surface area contributed by atoms with E-state index in [2.05, 4.69) is 24.0 Å². The van der Waals surface area contributed by atoms with Gasteiger partial charge in [-0.2, -0.15) is 0 Å². The van der Waals surface area contributed by atoms with Crippen LogP contribution >= 0.6 is 0 Å². The first-order valence-electron chi connectivity index (χ1n) is 8.57. The molecule has 0 bridgehead atoms. The minimum absolute atomic E-state index is 0.0376. The Balaban J connectivity index is 1.73. The smallest absolute Gasteiger partial charge is 0.257 e. The maximum atomic E-state index is 12.8. The monoisotopic (exact) mass is 340 g/mol. The second-order valence-electron chi connectivity index (χ2n) is 6.30. The van der Waals surface area contributed by atoms with Crippen LogP contribution in [0.25, 0.3) is 0 Å². The average molecular weight is 340 g/mol. The van der Waals surface area contributed by atoms with Crippen LogP contribution < -0.4 is 9.64 Å². The third-order valence-corrected chi connectivity index (χ3v) is 4.67. The Kier molecular flexibility index (Phi) is 5.12. The van der Waals surface area contributed by atoms with Crippen molar-refractivity contribution in [2.24, 2.45) is 0 Å². The quantitative estimate of drug-likeness (QED) is 0.933. The normalized spacial score (nSPS) is 15.0. The number of aryl methyl sites for hydroxylation is 1. The fourth-order valence-corrected chi connectivity index (χ4v) is 3.27. The van der Waals surface area contributed by atoms with Gasteiger partial charge in [0.15, 0.2) is 0 Å². The molecule has 0 radical (unpaired) electrons. The summed E-state index contributed by atoms with van der Waals surface area (Å²) in [6, 6.07) is 13.1. The maximum absolute atomic E-state index is 12.8. The first kappa shape index (κ1) is 17.1. The average Bonchev–Trinajstić information content (AvgIpc) is 2.87. The summed E-state index contributed by atoms with van der Waals surface area (Å²) < 4.78 is 5.08. The summed E-state index contributed by atoms with van der Waals surface area (Å²) >= 11 is 0. The molecule has 3 rings (SSSR count). The molecule has 1 heterocycles. The van der Waals surface area contributed by atoms with Crippen LogP contribution in [-0.4, -0.2) is 49.2 Å². The Morgan fingerprint density at radius 1 is 1.08 bits per heavy atom. The minimum atomic E-state index is -0.133. The van der Waals surface area contributed by atoms with Crippen molar-refractivity contribution in [3.05, 3.63) is 53.6 Å². The van der Waals surface area contributed by atoms with E-state index in [9.17, 15) is 9.90 Å².